The van der Waals surface area contributed by atoms with E-state index in [-0.39, 0.29) is 17.7 Å². The number of nitrogens with zero attached hydrogens (tertiary/aromatic N) is 2. The first-order chi connectivity index (χ1) is 13.2. The van der Waals surface area contributed by atoms with Gasteiger partial charge in [-0.05, 0) is 28.8 Å². The van der Waals surface area contributed by atoms with E-state index in [1.54, 1.807) is 12.1 Å². The van der Waals surface area contributed by atoms with Crippen LogP contribution in [-0.4, -0.2) is 33.1 Å². The molecule has 0 spiro atoms. The lowest BCUT2D eigenvalue weighted by Crippen LogP contribution is -2.30. The maximum atomic E-state index is 10.0. The van der Waals surface area contributed by atoms with Crippen LogP contribution >= 0.6 is 0 Å². The van der Waals surface area contributed by atoms with E-state index >= 15 is 0 Å². The highest BCUT2D eigenvalue weighted by molar-refractivity contribution is 5.41. The number of hydrogen-bond donors (Lipinski definition) is 2. The van der Waals surface area contributed by atoms with Gasteiger partial charge in [0.2, 0.25) is 0 Å². The second-order valence-electron chi connectivity index (χ2n) is 7.03. The molecule has 27 heavy (non-hydrogen) atoms. The van der Waals surface area contributed by atoms with E-state index in [0.717, 1.165) is 31.7 Å². The lowest BCUT2D eigenvalue weighted by atomic mass is 10.1. The van der Waals surface area contributed by atoms with Gasteiger partial charge in [0.1, 0.15) is 0 Å². The van der Waals surface area contributed by atoms with Crippen LogP contribution in [0.4, 0.5) is 0 Å². The zero-order valence-corrected chi connectivity index (χ0v) is 15.2. The van der Waals surface area contributed by atoms with E-state index in [0.29, 0.717) is 0 Å². The summed E-state index contributed by atoms with van der Waals surface area (Å²) in [6.07, 6.45) is 0.0527. The van der Waals surface area contributed by atoms with E-state index in [2.05, 4.69) is 58.3 Å². The molecule has 4 heteroatoms. The monoisotopic (exact) mass is 360 g/mol. The Hall–Kier alpha value is -2.82. The van der Waals surface area contributed by atoms with Crippen LogP contribution in [0.5, 0.6) is 11.5 Å². The Morgan fingerprint density at radius 2 is 1.19 bits per heavy atom. The summed E-state index contributed by atoms with van der Waals surface area (Å²) in [4.78, 5) is 4.84. The van der Waals surface area contributed by atoms with Gasteiger partial charge < -0.3 is 10.2 Å². The van der Waals surface area contributed by atoms with Gasteiger partial charge in [0.05, 0.1) is 6.17 Å². The largest absolute Gasteiger partial charge is 0.504 e. The minimum absolute atomic E-state index is 0.0527. The normalized spacial score (nSPS) is 16.0. The number of hydrogen-bond acceptors (Lipinski definition) is 4. The molecular weight excluding hydrogens is 336 g/mol. The van der Waals surface area contributed by atoms with Gasteiger partial charge in [0.15, 0.2) is 11.5 Å². The highest BCUT2D eigenvalue weighted by atomic mass is 16.3. The Balaban J connectivity index is 1.63. The molecule has 3 aromatic carbocycles. The summed E-state index contributed by atoms with van der Waals surface area (Å²) in [6.45, 7) is 3.60. The van der Waals surface area contributed by atoms with Crippen molar-refractivity contribution in [1.82, 2.24) is 9.80 Å². The van der Waals surface area contributed by atoms with E-state index in [1.165, 1.54) is 11.1 Å². The van der Waals surface area contributed by atoms with Crippen LogP contribution in [0.3, 0.4) is 0 Å². The van der Waals surface area contributed by atoms with Gasteiger partial charge in [0.25, 0.3) is 0 Å². The summed E-state index contributed by atoms with van der Waals surface area (Å²) >= 11 is 0. The van der Waals surface area contributed by atoms with Crippen molar-refractivity contribution in [3.63, 3.8) is 0 Å². The Labute approximate surface area is 159 Å². The fourth-order valence-corrected chi connectivity index (χ4v) is 3.82. The number of rotatable bonds is 5. The molecule has 4 nitrogen and oxygen atoms in total. The van der Waals surface area contributed by atoms with E-state index in [9.17, 15) is 10.2 Å². The molecular formula is C23H24N2O2. The molecule has 0 unspecified atom stereocenters. The summed E-state index contributed by atoms with van der Waals surface area (Å²) in [5.41, 5.74) is 3.54. The molecule has 1 aliphatic heterocycles. The first-order valence-corrected chi connectivity index (χ1v) is 9.28. The van der Waals surface area contributed by atoms with Crippen molar-refractivity contribution >= 4 is 0 Å². The summed E-state index contributed by atoms with van der Waals surface area (Å²) in [7, 11) is 0. The summed E-state index contributed by atoms with van der Waals surface area (Å²) in [5, 5.41) is 19.7. The maximum absolute atomic E-state index is 10.0. The number of phenolic OH excluding ortho intramolecular Hbond substituents is 2. The highest BCUT2D eigenvalue weighted by Crippen LogP contribution is 2.36. The van der Waals surface area contributed by atoms with Crippen molar-refractivity contribution in [2.45, 2.75) is 19.3 Å². The number of phenols is 2. The van der Waals surface area contributed by atoms with Crippen molar-refractivity contribution in [1.29, 1.82) is 0 Å². The van der Waals surface area contributed by atoms with Gasteiger partial charge >= 0.3 is 0 Å². The average molecular weight is 360 g/mol. The SMILES string of the molecule is Oc1ccc(C2N(Cc3ccccc3)CCN2Cc2ccccc2)cc1O. The average Bonchev–Trinajstić information content (AvgIpc) is 3.08. The fraction of sp³-hybridized carbons (Fsp3) is 0.217. The molecule has 1 aliphatic rings. The Morgan fingerprint density at radius 1 is 0.667 bits per heavy atom. The molecule has 1 saturated heterocycles. The molecule has 2 N–H and O–H groups in total. The Kier molecular flexibility index (Phi) is 5.10. The zero-order valence-electron chi connectivity index (χ0n) is 15.2. The van der Waals surface area contributed by atoms with Crippen LogP contribution in [0.25, 0.3) is 0 Å². The zero-order chi connectivity index (χ0) is 18.6. The first kappa shape index (κ1) is 17.6. The minimum atomic E-state index is -0.0824. The Bertz CT molecular complexity index is 834. The van der Waals surface area contributed by atoms with Gasteiger partial charge in [-0.1, -0.05) is 66.7 Å². The minimum Gasteiger partial charge on any atom is -0.504 e. The Morgan fingerprint density at radius 3 is 1.67 bits per heavy atom. The first-order valence-electron chi connectivity index (χ1n) is 9.28. The number of aromatic hydroxyl groups is 2. The van der Waals surface area contributed by atoms with Crippen molar-refractivity contribution in [2.24, 2.45) is 0 Å². The van der Waals surface area contributed by atoms with Gasteiger partial charge in [-0.3, -0.25) is 9.80 Å². The van der Waals surface area contributed by atoms with Crippen molar-refractivity contribution < 1.29 is 10.2 Å². The van der Waals surface area contributed by atoms with E-state index < -0.39 is 0 Å². The van der Waals surface area contributed by atoms with Crippen LogP contribution in [0, 0.1) is 0 Å². The predicted octanol–water partition coefficient (Wildman–Crippen LogP) is 4.11. The van der Waals surface area contributed by atoms with E-state index in [1.807, 2.05) is 18.2 Å². The molecule has 138 valence electrons. The molecule has 4 rings (SSSR count). The third kappa shape index (κ3) is 3.97. The molecule has 0 saturated carbocycles. The lowest BCUT2D eigenvalue weighted by molar-refractivity contribution is 0.125. The van der Waals surface area contributed by atoms with Crippen LogP contribution in [0.2, 0.25) is 0 Å². The maximum Gasteiger partial charge on any atom is 0.157 e. The number of benzene rings is 3. The standard InChI is InChI=1S/C23H24N2O2/c26-21-12-11-20(15-22(21)27)23-24(16-18-7-3-1-4-8-18)13-14-25(23)17-19-9-5-2-6-10-19/h1-12,15,23,26-27H,13-14,16-17H2. The summed E-state index contributed by atoms with van der Waals surface area (Å²) in [5.74, 6) is -0.153. The molecule has 1 fully saturated rings. The van der Waals surface area contributed by atoms with Crippen LogP contribution in [0.15, 0.2) is 78.9 Å². The fourth-order valence-electron chi connectivity index (χ4n) is 3.82. The van der Waals surface area contributed by atoms with Gasteiger partial charge in [-0.15, -0.1) is 0 Å². The quantitative estimate of drug-likeness (QED) is 0.672. The van der Waals surface area contributed by atoms with E-state index in [4.69, 9.17) is 0 Å². The molecule has 0 radical (unpaired) electrons. The third-order valence-corrected chi connectivity index (χ3v) is 5.12. The highest BCUT2D eigenvalue weighted by Gasteiger charge is 2.33. The van der Waals surface area contributed by atoms with Gasteiger partial charge in [-0.2, -0.15) is 0 Å². The summed E-state index contributed by atoms with van der Waals surface area (Å²) in [6, 6.07) is 26.1. The summed E-state index contributed by atoms with van der Waals surface area (Å²) < 4.78 is 0. The molecule has 0 aliphatic carbocycles. The van der Waals surface area contributed by atoms with Crippen LogP contribution in [0.1, 0.15) is 22.9 Å². The third-order valence-electron chi connectivity index (χ3n) is 5.12. The van der Waals surface area contributed by atoms with Crippen molar-refractivity contribution in [2.75, 3.05) is 13.1 Å². The second-order valence-corrected chi connectivity index (χ2v) is 7.03. The lowest BCUT2D eigenvalue weighted by Gasteiger charge is -2.31. The second kappa shape index (κ2) is 7.82. The smallest absolute Gasteiger partial charge is 0.157 e. The van der Waals surface area contributed by atoms with Gasteiger partial charge in [0, 0.05) is 26.2 Å². The molecule has 0 aromatic heterocycles. The molecule has 3 aromatic rings. The van der Waals surface area contributed by atoms with Crippen LogP contribution in [-0.2, 0) is 13.1 Å². The molecule has 0 atom stereocenters. The van der Waals surface area contributed by atoms with Gasteiger partial charge in [-0.25, -0.2) is 0 Å². The molecule has 0 bridgehead atoms. The van der Waals surface area contributed by atoms with Crippen molar-refractivity contribution in [3.8, 4) is 11.5 Å². The predicted molar refractivity (Wildman–Crippen MR) is 106 cm³/mol. The topological polar surface area (TPSA) is 46.9 Å². The van der Waals surface area contributed by atoms with Crippen LogP contribution < -0.4 is 0 Å². The molecule has 1 heterocycles. The van der Waals surface area contributed by atoms with Crippen molar-refractivity contribution in [3.05, 3.63) is 95.6 Å². The molecule has 0 amide bonds.